The van der Waals surface area contributed by atoms with Crippen LogP contribution >= 0.6 is 0 Å². The van der Waals surface area contributed by atoms with Gasteiger partial charge in [-0.1, -0.05) is 6.07 Å². The molecule has 1 aliphatic heterocycles. The van der Waals surface area contributed by atoms with Gasteiger partial charge in [0.2, 0.25) is 0 Å². The van der Waals surface area contributed by atoms with Gasteiger partial charge in [-0.05, 0) is 57.6 Å². The fraction of sp³-hybridized carbons (Fsp3) is 0.500. The van der Waals surface area contributed by atoms with E-state index >= 15 is 0 Å². The Kier molecular flexibility index (Phi) is 3.65. The molecule has 0 aliphatic carbocycles. The molecule has 90 valence electrons. The number of anilines is 1. The molecule has 17 heavy (non-hydrogen) atoms. The molecule has 3 heteroatoms. The summed E-state index contributed by atoms with van der Waals surface area (Å²) in [6, 6.07) is 6.56. The first-order valence-electron chi connectivity index (χ1n) is 6.12. The van der Waals surface area contributed by atoms with E-state index in [4.69, 9.17) is 6.57 Å². The lowest BCUT2D eigenvalue weighted by molar-refractivity contribution is 0.264. The molecule has 3 nitrogen and oxygen atoms in total. The predicted molar refractivity (Wildman–Crippen MR) is 71.6 cm³/mol. The zero-order valence-electron chi connectivity index (χ0n) is 10.5. The van der Waals surface area contributed by atoms with E-state index in [1.165, 1.54) is 12.8 Å². The smallest absolute Gasteiger partial charge is 0.190 e. The molecule has 0 aromatic heterocycles. The molecule has 0 saturated carbocycles. The first-order chi connectivity index (χ1) is 8.19. The highest BCUT2D eigenvalue weighted by Crippen LogP contribution is 2.24. The molecule has 0 bridgehead atoms. The van der Waals surface area contributed by atoms with Crippen LogP contribution in [0.25, 0.3) is 4.85 Å². The number of hydrogen-bond donors (Lipinski definition) is 1. The minimum atomic E-state index is 0.574. The topological polar surface area (TPSA) is 19.6 Å². The van der Waals surface area contributed by atoms with Crippen molar-refractivity contribution in [3.05, 3.63) is 35.2 Å². The molecule has 1 N–H and O–H groups in total. The number of benzene rings is 1. The first-order valence-corrected chi connectivity index (χ1v) is 6.12. The Morgan fingerprint density at radius 2 is 2.06 bits per heavy atom. The van der Waals surface area contributed by atoms with Crippen molar-refractivity contribution in [2.75, 3.05) is 25.5 Å². The fourth-order valence-corrected chi connectivity index (χ4v) is 2.26. The highest BCUT2D eigenvalue weighted by Gasteiger charge is 2.16. The van der Waals surface area contributed by atoms with Crippen molar-refractivity contribution in [3.63, 3.8) is 0 Å². The van der Waals surface area contributed by atoms with Crippen LogP contribution in [0.5, 0.6) is 0 Å². The molecule has 0 amide bonds. The van der Waals surface area contributed by atoms with Crippen LogP contribution in [-0.4, -0.2) is 31.1 Å². The quantitative estimate of drug-likeness (QED) is 0.786. The molecule has 1 aromatic carbocycles. The predicted octanol–water partition coefficient (Wildman–Crippen LogP) is 3.05. The molecular formula is C14H19N3. The highest BCUT2D eigenvalue weighted by atomic mass is 15.1. The minimum Gasteiger partial charge on any atom is -0.382 e. The number of nitrogens with one attached hydrogen (secondary N) is 1. The molecule has 0 radical (unpaired) electrons. The van der Waals surface area contributed by atoms with E-state index in [1.54, 1.807) is 0 Å². The zero-order valence-corrected chi connectivity index (χ0v) is 10.5. The van der Waals surface area contributed by atoms with Gasteiger partial charge in [0.05, 0.1) is 6.57 Å². The SMILES string of the molecule is [C-]#[N+]c1ccc(NC2CCN(C)CC2)cc1C. The molecule has 1 aliphatic rings. The molecular weight excluding hydrogens is 210 g/mol. The van der Waals surface area contributed by atoms with E-state index in [-0.39, 0.29) is 0 Å². The summed E-state index contributed by atoms with van der Waals surface area (Å²) in [5.41, 5.74) is 2.95. The van der Waals surface area contributed by atoms with Gasteiger partial charge in [-0.2, -0.15) is 0 Å². The molecule has 1 fully saturated rings. The lowest BCUT2D eigenvalue weighted by atomic mass is 10.0. The molecule has 0 atom stereocenters. The third-order valence-electron chi connectivity index (χ3n) is 3.41. The Balaban J connectivity index is 2.00. The summed E-state index contributed by atoms with van der Waals surface area (Å²) >= 11 is 0. The third-order valence-corrected chi connectivity index (χ3v) is 3.41. The Morgan fingerprint density at radius 1 is 1.35 bits per heavy atom. The Morgan fingerprint density at radius 3 is 2.65 bits per heavy atom. The summed E-state index contributed by atoms with van der Waals surface area (Å²) in [5.74, 6) is 0. The van der Waals surface area contributed by atoms with Gasteiger partial charge in [0.15, 0.2) is 5.69 Å². The van der Waals surface area contributed by atoms with Crippen molar-refractivity contribution in [2.24, 2.45) is 0 Å². The summed E-state index contributed by atoms with van der Waals surface area (Å²) in [4.78, 5) is 5.85. The van der Waals surface area contributed by atoms with Crippen LogP contribution in [0.2, 0.25) is 0 Å². The average Bonchev–Trinajstić information content (AvgIpc) is 2.32. The number of piperidine rings is 1. The van der Waals surface area contributed by atoms with Crippen LogP contribution < -0.4 is 5.32 Å². The fourth-order valence-electron chi connectivity index (χ4n) is 2.26. The first kappa shape index (κ1) is 11.9. The number of nitrogens with zero attached hydrogens (tertiary/aromatic N) is 2. The summed E-state index contributed by atoms with van der Waals surface area (Å²) in [6.07, 6.45) is 2.39. The summed E-state index contributed by atoms with van der Waals surface area (Å²) in [7, 11) is 2.17. The molecule has 2 rings (SSSR count). The van der Waals surface area contributed by atoms with Crippen LogP contribution in [0.15, 0.2) is 18.2 Å². The van der Waals surface area contributed by atoms with Crippen LogP contribution in [0, 0.1) is 13.5 Å². The van der Waals surface area contributed by atoms with Gasteiger partial charge in [-0.15, -0.1) is 0 Å². The van der Waals surface area contributed by atoms with Gasteiger partial charge in [0.1, 0.15) is 0 Å². The molecule has 0 unspecified atom stereocenters. The maximum Gasteiger partial charge on any atom is 0.190 e. The highest BCUT2D eigenvalue weighted by molar-refractivity contribution is 5.60. The number of likely N-dealkylation sites (tertiary alicyclic amines) is 1. The van der Waals surface area contributed by atoms with Gasteiger partial charge < -0.3 is 10.2 Å². The van der Waals surface area contributed by atoms with Crippen molar-refractivity contribution in [3.8, 4) is 0 Å². The molecule has 0 spiro atoms. The van der Waals surface area contributed by atoms with E-state index in [1.807, 2.05) is 19.1 Å². The third kappa shape index (κ3) is 2.98. The van der Waals surface area contributed by atoms with Gasteiger partial charge in [0, 0.05) is 11.7 Å². The van der Waals surface area contributed by atoms with Crippen LogP contribution in [0.3, 0.4) is 0 Å². The molecule has 1 aromatic rings. The van der Waals surface area contributed by atoms with Gasteiger partial charge in [0.25, 0.3) is 0 Å². The van der Waals surface area contributed by atoms with Crippen LogP contribution in [-0.2, 0) is 0 Å². The van der Waals surface area contributed by atoms with E-state index < -0.39 is 0 Å². The van der Waals surface area contributed by atoms with Gasteiger partial charge >= 0.3 is 0 Å². The van der Waals surface area contributed by atoms with Crippen molar-refractivity contribution >= 4 is 11.4 Å². The van der Waals surface area contributed by atoms with Gasteiger partial charge in [-0.25, -0.2) is 4.85 Å². The van der Waals surface area contributed by atoms with Crippen molar-refractivity contribution in [1.82, 2.24) is 4.90 Å². The summed E-state index contributed by atoms with van der Waals surface area (Å²) in [5, 5.41) is 3.56. The van der Waals surface area contributed by atoms with Crippen molar-refractivity contribution in [1.29, 1.82) is 0 Å². The number of rotatable bonds is 2. The van der Waals surface area contributed by atoms with E-state index in [2.05, 4.69) is 28.2 Å². The summed E-state index contributed by atoms with van der Waals surface area (Å²) < 4.78 is 0. The second-order valence-corrected chi connectivity index (χ2v) is 4.83. The summed E-state index contributed by atoms with van der Waals surface area (Å²) in [6.45, 7) is 11.3. The lowest BCUT2D eigenvalue weighted by Crippen LogP contribution is -2.36. The Labute approximate surface area is 103 Å². The molecule has 1 saturated heterocycles. The van der Waals surface area contributed by atoms with E-state index in [0.717, 1.165) is 30.0 Å². The normalized spacial score (nSPS) is 17.7. The standard InChI is InChI=1S/C14H19N3/c1-11-10-13(4-5-14(11)15-2)16-12-6-8-17(3)9-7-12/h4-5,10,12,16H,6-9H2,1,3H3. The van der Waals surface area contributed by atoms with E-state index in [9.17, 15) is 0 Å². The molecule has 1 heterocycles. The minimum absolute atomic E-state index is 0.574. The maximum atomic E-state index is 7.03. The number of hydrogen-bond acceptors (Lipinski definition) is 2. The Bertz CT molecular complexity index is 426. The second-order valence-electron chi connectivity index (χ2n) is 4.83. The second kappa shape index (κ2) is 5.20. The zero-order chi connectivity index (χ0) is 12.3. The Hall–Kier alpha value is -1.53. The van der Waals surface area contributed by atoms with Crippen LogP contribution in [0.1, 0.15) is 18.4 Å². The van der Waals surface area contributed by atoms with Gasteiger partial charge in [-0.3, -0.25) is 0 Å². The monoisotopic (exact) mass is 229 g/mol. The largest absolute Gasteiger partial charge is 0.382 e. The average molecular weight is 229 g/mol. The lowest BCUT2D eigenvalue weighted by Gasteiger charge is -2.30. The van der Waals surface area contributed by atoms with Crippen molar-refractivity contribution in [2.45, 2.75) is 25.8 Å². The van der Waals surface area contributed by atoms with E-state index in [0.29, 0.717) is 6.04 Å². The maximum absolute atomic E-state index is 7.03. The van der Waals surface area contributed by atoms with Crippen LogP contribution in [0.4, 0.5) is 11.4 Å². The van der Waals surface area contributed by atoms with Crippen molar-refractivity contribution < 1.29 is 0 Å². The number of aryl methyl sites for hydroxylation is 1.